The Balaban J connectivity index is 1.72. The molecule has 134 valence electrons. The van der Waals surface area contributed by atoms with Gasteiger partial charge < -0.3 is 14.6 Å². The maximum atomic E-state index is 13.5. The molecular formula is C18H20F2N2O3. The Morgan fingerprint density at radius 3 is 2.60 bits per heavy atom. The second kappa shape index (κ2) is 8.41. The largest absolute Gasteiger partial charge is 0.464 e. The first kappa shape index (κ1) is 18.6. The van der Waals surface area contributed by atoms with Gasteiger partial charge in [-0.05, 0) is 37.6 Å². The predicted octanol–water partition coefficient (Wildman–Crippen LogP) is 3.03. The van der Waals surface area contributed by atoms with Gasteiger partial charge in [-0.3, -0.25) is 9.59 Å². The van der Waals surface area contributed by atoms with Crippen molar-refractivity contribution in [3.8, 4) is 0 Å². The number of nitrogens with one attached hydrogen (secondary N) is 1. The molecule has 5 nitrogen and oxygen atoms in total. The van der Waals surface area contributed by atoms with Crippen LogP contribution in [0.2, 0.25) is 0 Å². The second-order valence-corrected chi connectivity index (χ2v) is 5.75. The summed E-state index contributed by atoms with van der Waals surface area (Å²) in [6.07, 6.45) is 0.650. The summed E-state index contributed by atoms with van der Waals surface area (Å²) in [6.45, 7) is 2.42. The summed E-state index contributed by atoms with van der Waals surface area (Å²) in [6, 6.07) is 6.41. The first-order valence-corrected chi connectivity index (χ1v) is 7.89. The Morgan fingerprint density at radius 2 is 1.96 bits per heavy atom. The van der Waals surface area contributed by atoms with E-state index in [2.05, 4.69) is 5.32 Å². The van der Waals surface area contributed by atoms with Crippen molar-refractivity contribution in [1.29, 1.82) is 0 Å². The highest BCUT2D eigenvalue weighted by Crippen LogP contribution is 2.11. The Bertz CT molecular complexity index is 759. The molecule has 2 rings (SSSR count). The fourth-order valence-electron chi connectivity index (χ4n) is 2.29. The molecule has 0 aliphatic heterocycles. The molecule has 2 aromatic rings. The molecule has 1 aromatic carbocycles. The van der Waals surface area contributed by atoms with E-state index in [1.165, 1.54) is 0 Å². The summed E-state index contributed by atoms with van der Waals surface area (Å²) in [5.41, 5.74) is -0.224. The fraction of sp³-hybridized carbons (Fsp3) is 0.333. The van der Waals surface area contributed by atoms with E-state index in [-0.39, 0.29) is 24.4 Å². The number of hydrogen-bond donors (Lipinski definition) is 1. The molecule has 1 heterocycles. The number of rotatable bonds is 7. The van der Waals surface area contributed by atoms with Gasteiger partial charge in [0.05, 0.1) is 12.1 Å². The minimum absolute atomic E-state index is 0.0868. The third-order valence-electron chi connectivity index (χ3n) is 3.64. The standard InChI is InChI=1S/C18H20F2N2O3/c1-12-5-7-14(25-12)11-22(2)17(23)4-3-9-21-18(24)15-8-6-13(19)10-16(15)20/h5-8,10H,3-4,9,11H2,1-2H3,(H,21,24). The van der Waals surface area contributed by atoms with E-state index < -0.39 is 17.5 Å². The van der Waals surface area contributed by atoms with Crippen molar-refractivity contribution in [3.05, 3.63) is 59.1 Å². The first-order valence-electron chi connectivity index (χ1n) is 7.89. The zero-order valence-electron chi connectivity index (χ0n) is 14.1. The second-order valence-electron chi connectivity index (χ2n) is 5.75. The van der Waals surface area contributed by atoms with Crippen LogP contribution < -0.4 is 5.32 Å². The molecular weight excluding hydrogens is 330 g/mol. The number of amides is 2. The number of carbonyl (C=O) groups is 2. The zero-order chi connectivity index (χ0) is 18.4. The maximum Gasteiger partial charge on any atom is 0.254 e. The molecule has 0 atom stereocenters. The van der Waals surface area contributed by atoms with Crippen LogP contribution in [0.25, 0.3) is 0 Å². The number of carbonyl (C=O) groups excluding carboxylic acids is 2. The molecule has 1 N–H and O–H groups in total. The van der Waals surface area contributed by atoms with Gasteiger partial charge in [-0.25, -0.2) is 8.78 Å². The van der Waals surface area contributed by atoms with Crippen LogP contribution in [0.3, 0.4) is 0 Å². The minimum atomic E-state index is -0.915. The average molecular weight is 350 g/mol. The third kappa shape index (κ3) is 5.41. The number of benzene rings is 1. The number of hydrogen-bond acceptors (Lipinski definition) is 3. The number of aryl methyl sites for hydroxylation is 1. The van der Waals surface area contributed by atoms with Gasteiger partial charge in [-0.1, -0.05) is 0 Å². The van der Waals surface area contributed by atoms with Crippen LogP contribution in [0.1, 0.15) is 34.7 Å². The van der Waals surface area contributed by atoms with Gasteiger partial charge in [0.1, 0.15) is 23.2 Å². The van der Waals surface area contributed by atoms with Gasteiger partial charge in [0.15, 0.2) is 0 Å². The molecule has 0 aliphatic rings. The van der Waals surface area contributed by atoms with Gasteiger partial charge in [0, 0.05) is 26.1 Å². The van der Waals surface area contributed by atoms with Crippen LogP contribution >= 0.6 is 0 Å². The van der Waals surface area contributed by atoms with E-state index >= 15 is 0 Å². The van der Waals surface area contributed by atoms with E-state index in [0.717, 1.165) is 17.9 Å². The molecule has 0 bridgehead atoms. The topological polar surface area (TPSA) is 62.6 Å². The lowest BCUT2D eigenvalue weighted by Crippen LogP contribution is -2.29. The number of furan rings is 1. The highest BCUT2D eigenvalue weighted by atomic mass is 19.1. The smallest absolute Gasteiger partial charge is 0.254 e. The number of nitrogens with zero attached hydrogens (tertiary/aromatic N) is 1. The van der Waals surface area contributed by atoms with Crippen molar-refractivity contribution in [2.24, 2.45) is 0 Å². The van der Waals surface area contributed by atoms with Crippen LogP contribution in [0, 0.1) is 18.6 Å². The predicted molar refractivity (Wildman–Crippen MR) is 87.8 cm³/mol. The van der Waals surface area contributed by atoms with Crippen LogP contribution in [-0.2, 0) is 11.3 Å². The maximum absolute atomic E-state index is 13.5. The summed E-state index contributed by atoms with van der Waals surface area (Å²) in [5, 5.41) is 2.52. The Morgan fingerprint density at radius 1 is 1.20 bits per heavy atom. The van der Waals surface area contributed by atoms with E-state index in [1.54, 1.807) is 11.9 Å². The molecule has 0 saturated carbocycles. The lowest BCUT2D eigenvalue weighted by molar-refractivity contribution is -0.130. The van der Waals surface area contributed by atoms with Crippen molar-refractivity contribution in [1.82, 2.24) is 10.2 Å². The van der Waals surface area contributed by atoms with Crippen LogP contribution in [0.4, 0.5) is 8.78 Å². The Hall–Kier alpha value is -2.70. The Kier molecular flexibility index (Phi) is 6.27. The SMILES string of the molecule is Cc1ccc(CN(C)C(=O)CCCNC(=O)c2ccc(F)cc2F)o1. The van der Waals surface area contributed by atoms with Crippen molar-refractivity contribution in [2.45, 2.75) is 26.3 Å². The molecule has 25 heavy (non-hydrogen) atoms. The average Bonchev–Trinajstić information content (AvgIpc) is 2.96. The molecule has 0 saturated heterocycles. The lowest BCUT2D eigenvalue weighted by atomic mass is 10.2. The van der Waals surface area contributed by atoms with Crippen molar-refractivity contribution >= 4 is 11.8 Å². The first-order chi connectivity index (χ1) is 11.9. The van der Waals surface area contributed by atoms with Crippen LogP contribution in [-0.4, -0.2) is 30.3 Å². The van der Waals surface area contributed by atoms with Crippen LogP contribution in [0.5, 0.6) is 0 Å². The highest BCUT2D eigenvalue weighted by Gasteiger charge is 2.13. The van der Waals surface area contributed by atoms with E-state index in [0.29, 0.717) is 24.8 Å². The summed E-state index contributed by atoms with van der Waals surface area (Å²) in [5.74, 6) is -0.892. The highest BCUT2D eigenvalue weighted by molar-refractivity contribution is 5.94. The minimum Gasteiger partial charge on any atom is -0.464 e. The van der Waals surface area contributed by atoms with Gasteiger partial charge in [0.2, 0.25) is 5.91 Å². The van der Waals surface area contributed by atoms with E-state index in [4.69, 9.17) is 4.42 Å². The molecule has 0 unspecified atom stereocenters. The molecule has 0 aliphatic carbocycles. The summed E-state index contributed by atoms with van der Waals surface area (Å²) in [7, 11) is 1.67. The third-order valence-corrected chi connectivity index (χ3v) is 3.64. The summed E-state index contributed by atoms with van der Waals surface area (Å²) >= 11 is 0. The van der Waals surface area contributed by atoms with Gasteiger partial charge in [0.25, 0.3) is 5.91 Å². The normalized spacial score (nSPS) is 10.6. The summed E-state index contributed by atoms with van der Waals surface area (Å²) < 4.78 is 31.7. The lowest BCUT2D eigenvalue weighted by Gasteiger charge is -2.15. The molecule has 1 aromatic heterocycles. The van der Waals surface area contributed by atoms with Gasteiger partial charge in [-0.15, -0.1) is 0 Å². The molecule has 2 amide bonds. The van der Waals surface area contributed by atoms with E-state index in [1.807, 2.05) is 19.1 Å². The monoisotopic (exact) mass is 350 g/mol. The van der Waals surface area contributed by atoms with Crippen LogP contribution in [0.15, 0.2) is 34.7 Å². The quantitative estimate of drug-likeness (QED) is 0.781. The molecule has 0 spiro atoms. The molecule has 7 heteroatoms. The van der Waals surface area contributed by atoms with Gasteiger partial charge in [-0.2, -0.15) is 0 Å². The zero-order valence-corrected chi connectivity index (χ0v) is 14.1. The van der Waals surface area contributed by atoms with Gasteiger partial charge >= 0.3 is 0 Å². The fourth-order valence-corrected chi connectivity index (χ4v) is 2.29. The van der Waals surface area contributed by atoms with Crippen molar-refractivity contribution < 1.29 is 22.8 Å². The molecule has 0 radical (unpaired) electrons. The molecule has 0 fully saturated rings. The van der Waals surface area contributed by atoms with Crippen molar-refractivity contribution in [2.75, 3.05) is 13.6 Å². The number of halogens is 2. The Labute approximate surface area is 144 Å². The summed E-state index contributed by atoms with van der Waals surface area (Å²) in [4.78, 5) is 25.4. The van der Waals surface area contributed by atoms with E-state index in [9.17, 15) is 18.4 Å². The van der Waals surface area contributed by atoms with Crippen molar-refractivity contribution in [3.63, 3.8) is 0 Å².